The van der Waals surface area contributed by atoms with Gasteiger partial charge in [0, 0.05) is 19.1 Å². The molecule has 1 fully saturated rings. The van der Waals surface area contributed by atoms with Gasteiger partial charge in [0.2, 0.25) is 5.76 Å². The van der Waals surface area contributed by atoms with Crippen LogP contribution in [0.4, 0.5) is 0 Å². The number of carbonyl (C=O) groups is 1. The number of hydrogen-bond acceptors (Lipinski definition) is 4. The van der Waals surface area contributed by atoms with Gasteiger partial charge in [-0.15, -0.1) is 24.8 Å². The van der Waals surface area contributed by atoms with Crippen LogP contribution >= 0.6 is 24.8 Å². The Balaban J connectivity index is 0.00000144. The zero-order chi connectivity index (χ0) is 11.5. The van der Waals surface area contributed by atoms with Gasteiger partial charge in [0.1, 0.15) is 0 Å². The summed E-state index contributed by atoms with van der Waals surface area (Å²) in [6.45, 7) is 3.05. The van der Waals surface area contributed by atoms with E-state index in [1.165, 1.54) is 6.39 Å². The molecule has 0 bridgehead atoms. The second-order valence-corrected chi connectivity index (χ2v) is 4.15. The lowest BCUT2D eigenvalue weighted by molar-refractivity contribution is 0.0590. The third kappa shape index (κ3) is 3.37. The highest BCUT2D eigenvalue weighted by atomic mass is 35.5. The van der Waals surface area contributed by atoms with Gasteiger partial charge in [-0.25, -0.2) is 4.98 Å². The van der Waals surface area contributed by atoms with E-state index in [1.54, 1.807) is 6.92 Å². The van der Waals surface area contributed by atoms with E-state index >= 15 is 0 Å². The second kappa shape index (κ2) is 7.61. The summed E-state index contributed by atoms with van der Waals surface area (Å²) in [4.78, 5) is 17.9. The van der Waals surface area contributed by atoms with Crippen molar-refractivity contribution in [2.75, 3.05) is 13.1 Å². The number of hydrogen-bond donors (Lipinski definition) is 1. The van der Waals surface area contributed by atoms with Gasteiger partial charge >= 0.3 is 0 Å². The lowest BCUT2D eigenvalue weighted by atomic mass is 10.0. The van der Waals surface area contributed by atoms with Crippen molar-refractivity contribution in [1.29, 1.82) is 0 Å². The lowest BCUT2D eigenvalue weighted by Gasteiger charge is -2.34. The molecule has 0 aromatic carbocycles. The Hall–Kier alpha value is -0.780. The van der Waals surface area contributed by atoms with Gasteiger partial charge in [0.15, 0.2) is 6.39 Å². The Bertz CT molecular complexity index is 384. The van der Waals surface area contributed by atoms with Gasteiger partial charge in [0.25, 0.3) is 5.91 Å². The maximum Gasteiger partial charge on any atom is 0.291 e. The predicted molar refractivity (Wildman–Crippen MR) is 73.5 cm³/mol. The number of amides is 1. The molecule has 1 saturated heterocycles. The molecule has 5 nitrogen and oxygen atoms in total. The monoisotopic (exact) mass is 295 g/mol. The van der Waals surface area contributed by atoms with Crippen molar-refractivity contribution >= 4 is 30.7 Å². The van der Waals surface area contributed by atoms with E-state index < -0.39 is 0 Å². The molecule has 2 heterocycles. The Labute approximate surface area is 119 Å². The maximum atomic E-state index is 12.2. The number of nitrogens with two attached hydrogens (primary N) is 1. The molecule has 1 amide bonds. The van der Waals surface area contributed by atoms with Crippen LogP contribution < -0.4 is 5.73 Å². The molecule has 7 heteroatoms. The number of rotatable bonds is 2. The molecule has 0 spiro atoms. The predicted octanol–water partition coefficient (Wildman–Crippen LogP) is 1.78. The van der Waals surface area contributed by atoms with Crippen LogP contribution in [0.2, 0.25) is 0 Å². The van der Waals surface area contributed by atoms with E-state index in [2.05, 4.69) is 4.98 Å². The first-order valence-electron chi connectivity index (χ1n) is 5.65. The van der Waals surface area contributed by atoms with Crippen molar-refractivity contribution in [2.45, 2.75) is 32.2 Å². The van der Waals surface area contributed by atoms with Gasteiger partial charge in [-0.3, -0.25) is 4.79 Å². The summed E-state index contributed by atoms with van der Waals surface area (Å²) in [6, 6.07) is 0.144. The van der Waals surface area contributed by atoms with Crippen molar-refractivity contribution in [3.05, 3.63) is 17.8 Å². The van der Waals surface area contributed by atoms with Crippen LogP contribution in [-0.2, 0) is 0 Å². The number of halogens is 2. The first kappa shape index (κ1) is 17.2. The molecule has 0 radical (unpaired) electrons. The van der Waals surface area contributed by atoms with E-state index in [9.17, 15) is 4.79 Å². The molecule has 1 unspecified atom stereocenters. The number of aryl methyl sites for hydroxylation is 1. The van der Waals surface area contributed by atoms with E-state index in [0.29, 0.717) is 18.0 Å². The van der Waals surface area contributed by atoms with Gasteiger partial charge in [-0.2, -0.15) is 0 Å². The summed E-state index contributed by atoms with van der Waals surface area (Å²) >= 11 is 0. The summed E-state index contributed by atoms with van der Waals surface area (Å²) in [5.41, 5.74) is 6.33. The van der Waals surface area contributed by atoms with Gasteiger partial charge in [-0.1, -0.05) is 0 Å². The SMILES string of the molecule is Cc1ncoc1C(=O)N1CCCCC1CN.Cl.Cl. The van der Waals surface area contributed by atoms with Crippen LogP contribution in [0, 0.1) is 6.92 Å². The van der Waals surface area contributed by atoms with E-state index in [1.807, 2.05) is 4.90 Å². The highest BCUT2D eigenvalue weighted by Crippen LogP contribution is 2.20. The summed E-state index contributed by atoms with van der Waals surface area (Å²) < 4.78 is 5.13. The lowest BCUT2D eigenvalue weighted by Crippen LogP contribution is -2.47. The standard InChI is InChI=1S/C11H17N3O2.2ClH/c1-8-10(16-7-13-8)11(15)14-5-3-2-4-9(14)6-12;;/h7,9H,2-6,12H2,1H3;2*1H. The molecule has 104 valence electrons. The smallest absolute Gasteiger partial charge is 0.291 e. The van der Waals surface area contributed by atoms with Gasteiger partial charge in [-0.05, 0) is 26.2 Å². The number of oxazole rings is 1. The van der Waals surface area contributed by atoms with E-state index in [0.717, 1.165) is 25.8 Å². The van der Waals surface area contributed by atoms with Crippen LogP contribution in [0.15, 0.2) is 10.8 Å². The van der Waals surface area contributed by atoms with Crippen LogP contribution in [0.1, 0.15) is 35.5 Å². The molecule has 1 aromatic heterocycles. The number of carbonyl (C=O) groups excluding carboxylic acids is 1. The fraction of sp³-hybridized carbons (Fsp3) is 0.636. The molecule has 0 saturated carbocycles. The zero-order valence-corrected chi connectivity index (χ0v) is 11.9. The molecule has 0 aliphatic carbocycles. The Kier molecular flexibility index (Phi) is 7.28. The molecule has 1 aromatic rings. The largest absolute Gasteiger partial charge is 0.438 e. The highest BCUT2D eigenvalue weighted by Gasteiger charge is 2.29. The van der Waals surface area contributed by atoms with Crippen LogP contribution in [0.3, 0.4) is 0 Å². The highest BCUT2D eigenvalue weighted by molar-refractivity contribution is 5.92. The summed E-state index contributed by atoms with van der Waals surface area (Å²) in [5.74, 6) is 0.269. The number of likely N-dealkylation sites (tertiary alicyclic amines) is 1. The Morgan fingerprint density at radius 2 is 2.28 bits per heavy atom. The molecule has 1 atom stereocenters. The maximum absolute atomic E-state index is 12.2. The van der Waals surface area contributed by atoms with Crippen LogP contribution in [-0.4, -0.2) is 34.9 Å². The molecule has 2 N–H and O–H groups in total. The quantitative estimate of drug-likeness (QED) is 0.903. The molecular formula is C11H19Cl2N3O2. The van der Waals surface area contributed by atoms with Crippen LogP contribution in [0.25, 0.3) is 0 Å². The first-order chi connectivity index (χ1) is 7.74. The van der Waals surface area contributed by atoms with Crippen LogP contribution in [0.5, 0.6) is 0 Å². The number of aromatic nitrogens is 1. The van der Waals surface area contributed by atoms with Crippen molar-refractivity contribution in [2.24, 2.45) is 5.73 Å². The molecule has 18 heavy (non-hydrogen) atoms. The minimum atomic E-state index is -0.0786. The fourth-order valence-corrected chi connectivity index (χ4v) is 2.15. The number of piperidine rings is 1. The number of nitrogens with zero attached hydrogens (tertiary/aromatic N) is 2. The topological polar surface area (TPSA) is 72.4 Å². The third-order valence-electron chi connectivity index (χ3n) is 3.10. The summed E-state index contributed by atoms with van der Waals surface area (Å²) in [5, 5.41) is 0. The molecule has 1 aliphatic rings. The minimum Gasteiger partial charge on any atom is -0.438 e. The first-order valence-corrected chi connectivity index (χ1v) is 5.65. The van der Waals surface area contributed by atoms with Gasteiger partial charge < -0.3 is 15.1 Å². The third-order valence-corrected chi connectivity index (χ3v) is 3.10. The van der Waals surface area contributed by atoms with Crippen molar-refractivity contribution in [3.8, 4) is 0 Å². The zero-order valence-electron chi connectivity index (χ0n) is 10.3. The van der Waals surface area contributed by atoms with Crippen molar-refractivity contribution in [1.82, 2.24) is 9.88 Å². The average Bonchev–Trinajstić information content (AvgIpc) is 2.74. The molecule has 2 rings (SSSR count). The average molecular weight is 296 g/mol. The second-order valence-electron chi connectivity index (χ2n) is 4.15. The Morgan fingerprint density at radius 1 is 1.56 bits per heavy atom. The van der Waals surface area contributed by atoms with E-state index in [-0.39, 0.29) is 36.8 Å². The normalized spacial score (nSPS) is 18.8. The molecular weight excluding hydrogens is 277 g/mol. The molecule has 1 aliphatic heterocycles. The van der Waals surface area contributed by atoms with E-state index in [4.69, 9.17) is 10.2 Å². The Morgan fingerprint density at radius 3 is 2.83 bits per heavy atom. The minimum absolute atomic E-state index is 0. The van der Waals surface area contributed by atoms with Crippen molar-refractivity contribution < 1.29 is 9.21 Å². The summed E-state index contributed by atoms with van der Waals surface area (Å²) in [6.07, 6.45) is 4.47. The van der Waals surface area contributed by atoms with Crippen molar-refractivity contribution in [3.63, 3.8) is 0 Å². The van der Waals surface area contributed by atoms with Gasteiger partial charge in [0.05, 0.1) is 5.69 Å². The fourth-order valence-electron chi connectivity index (χ4n) is 2.15. The summed E-state index contributed by atoms with van der Waals surface area (Å²) in [7, 11) is 0.